The molecular formula is C21H21ClFNO4. The lowest BCUT2D eigenvalue weighted by atomic mass is 9.89. The first kappa shape index (κ1) is 20.1. The van der Waals surface area contributed by atoms with Gasteiger partial charge in [0.2, 0.25) is 5.91 Å². The summed E-state index contributed by atoms with van der Waals surface area (Å²) in [5.41, 5.74) is 2.41. The summed E-state index contributed by atoms with van der Waals surface area (Å²) in [6.45, 7) is 2.31. The molecule has 0 saturated carbocycles. The molecular weight excluding hydrogens is 385 g/mol. The molecule has 0 bridgehead atoms. The van der Waals surface area contributed by atoms with Crippen LogP contribution >= 0.6 is 11.6 Å². The van der Waals surface area contributed by atoms with Gasteiger partial charge in [-0.1, -0.05) is 23.7 Å². The van der Waals surface area contributed by atoms with Crippen LogP contribution in [0.5, 0.6) is 5.75 Å². The number of esters is 1. The Labute approximate surface area is 168 Å². The quantitative estimate of drug-likeness (QED) is 0.722. The van der Waals surface area contributed by atoms with E-state index in [0.717, 1.165) is 11.1 Å². The van der Waals surface area contributed by atoms with Gasteiger partial charge in [0.15, 0.2) is 11.6 Å². The highest BCUT2D eigenvalue weighted by molar-refractivity contribution is 6.31. The maximum atomic E-state index is 14.5. The largest absolute Gasteiger partial charge is 0.494 e. The Balaban J connectivity index is 1.87. The minimum absolute atomic E-state index is 0.0481. The number of fused-ring (bicyclic) bond motifs is 1. The number of methoxy groups -OCH3 is 2. The zero-order valence-corrected chi connectivity index (χ0v) is 16.7. The molecule has 0 saturated heterocycles. The Morgan fingerprint density at radius 2 is 2.00 bits per heavy atom. The topological polar surface area (TPSA) is 55.8 Å². The van der Waals surface area contributed by atoms with Crippen molar-refractivity contribution < 1.29 is 23.5 Å². The average Bonchev–Trinajstić information content (AvgIpc) is 2.70. The molecule has 3 rings (SSSR count). The molecule has 1 amide bonds. The van der Waals surface area contributed by atoms with Crippen molar-refractivity contribution in [3.63, 3.8) is 0 Å². The van der Waals surface area contributed by atoms with Gasteiger partial charge in [-0.15, -0.1) is 0 Å². The molecule has 28 heavy (non-hydrogen) atoms. The van der Waals surface area contributed by atoms with Crippen LogP contribution < -0.4 is 4.74 Å². The number of amides is 1. The van der Waals surface area contributed by atoms with Gasteiger partial charge in [-0.05, 0) is 42.7 Å². The molecule has 0 fully saturated rings. The van der Waals surface area contributed by atoms with E-state index in [1.165, 1.54) is 26.4 Å². The van der Waals surface area contributed by atoms with Gasteiger partial charge in [-0.25, -0.2) is 9.18 Å². The Bertz CT molecular complexity index is 931. The van der Waals surface area contributed by atoms with E-state index in [4.69, 9.17) is 21.1 Å². The lowest BCUT2D eigenvalue weighted by molar-refractivity contribution is -0.133. The summed E-state index contributed by atoms with van der Waals surface area (Å²) < 4.78 is 24.4. The van der Waals surface area contributed by atoms with E-state index in [0.29, 0.717) is 18.5 Å². The van der Waals surface area contributed by atoms with Crippen molar-refractivity contribution in [3.8, 4) is 5.75 Å². The molecule has 1 atom stereocenters. The molecule has 2 aromatic rings. The number of benzene rings is 2. The third kappa shape index (κ3) is 3.56. The van der Waals surface area contributed by atoms with Gasteiger partial charge in [0.25, 0.3) is 0 Å². The number of rotatable bonds is 4. The summed E-state index contributed by atoms with van der Waals surface area (Å²) in [6, 6.07) is 8.08. The minimum Gasteiger partial charge on any atom is -0.494 e. The fourth-order valence-electron chi connectivity index (χ4n) is 3.66. The highest BCUT2D eigenvalue weighted by atomic mass is 35.5. The number of nitrogens with zero attached hydrogens (tertiary/aromatic N) is 1. The Kier molecular flexibility index (Phi) is 5.89. The molecule has 7 heteroatoms. The molecule has 0 aliphatic carbocycles. The molecule has 1 aliphatic heterocycles. The van der Waals surface area contributed by atoms with Crippen LogP contribution in [0.25, 0.3) is 0 Å². The predicted octanol–water partition coefficient (Wildman–Crippen LogP) is 3.96. The lowest BCUT2D eigenvalue weighted by Gasteiger charge is -2.36. The maximum absolute atomic E-state index is 14.5. The molecule has 5 nitrogen and oxygen atoms in total. The first-order valence-electron chi connectivity index (χ1n) is 8.89. The SMILES string of the molecule is COC(=O)c1cccc2c1CCN(C(=O)Cc1c(Cl)ccc(OC)c1F)C2C. The van der Waals surface area contributed by atoms with Crippen molar-refractivity contribution in [2.24, 2.45) is 0 Å². The van der Waals surface area contributed by atoms with Crippen molar-refractivity contribution in [2.45, 2.75) is 25.8 Å². The highest BCUT2D eigenvalue weighted by Crippen LogP contribution is 2.33. The first-order chi connectivity index (χ1) is 13.4. The van der Waals surface area contributed by atoms with Gasteiger partial charge in [0.05, 0.1) is 32.2 Å². The summed E-state index contributed by atoms with van der Waals surface area (Å²) in [7, 11) is 2.71. The Morgan fingerprint density at radius 3 is 2.68 bits per heavy atom. The number of hydrogen-bond acceptors (Lipinski definition) is 4. The number of carbonyl (C=O) groups is 2. The van der Waals surface area contributed by atoms with Gasteiger partial charge in [0, 0.05) is 17.1 Å². The van der Waals surface area contributed by atoms with Crippen molar-refractivity contribution in [3.05, 3.63) is 63.4 Å². The van der Waals surface area contributed by atoms with Crippen LogP contribution in [0.2, 0.25) is 5.02 Å². The van der Waals surface area contributed by atoms with E-state index >= 15 is 0 Å². The van der Waals surface area contributed by atoms with Gasteiger partial charge in [-0.3, -0.25) is 4.79 Å². The number of hydrogen-bond donors (Lipinski definition) is 0. The Hall–Kier alpha value is -2.60. The van der Waals surface area contributed by atoms with Crippen LogP contribution in [0.4, 0.5) is 4.39 Å². The van der Waals surface area contributed by atoms with Gasteiger partial charge >= 0.3 is 5.97 Å². The normalized spacial score (nSPS) is 15.8. The van der Waals surface area contributed by atoms with E-state index in [1.807, 2.05) is 13.0 Å². The standard InChI is InChI=1S/C21H21ClFNO4/c1-12-13-5-4-6-15(21(26)28-3)14(13)9-10-24(12)19(25)11-16-17(22)7-8-18(27-2)20(16)23/h4-8,12H,9-11H2,1-3H3. The van der Waals surface area contributed by atoms with Crippen molar-refractivity contribution in [1.29, 1.82) is 0 Å². The molecule has 0 aromatic heterocycles. The van der Waals surface area contributed by atoms with Crippen molar-refractivity contribution >= 4 is 23.5 Å². The van der Waals surface area contributed by atoms with Gasteiger partial charge in [0.1, 0.15) is 0 Å². The summed E-state index contributed by atoms with van der Waals surface area (Å²) in [5.74, 6) is -1.21. The van der Waals surface area contributed by atoms with Gasteiger partial charge < -0.3 is 14.4 Å². The maximum Gasteiger partial charge on any atom is 0.338 e. The van der Waals surface area contributed by atoms with Crippen LogP contribution in [0.15, 0.2) is 30.3 Å². The van der Waals surface area contributed by atoms with Crippen LogP contribution in [-0.2, 0) is 22.4 Å². The van der Waals surface area contributed by atoms with E-state index in [-0.39, 0.29) is 34.7 Å². The van der Waals surface area contributed by atoms with Crippen LogP contribution in [0.3, 0.4) is 0 Å². The second-order valence-electron chi connectivity index (χ2n) is 6.60. The van der Waals surface area contributed by atoms with Crippen LogP contribution in [-0.4, -0.2) is 37.5 Å². The first-order valence-corrected chi connectivity index (χ1v) is 9.27. The van der Waals surface area contributed by atoms with E-state index < -0.39 is 11.8 Å². The van der Waals surface area contributed by atoms with Crippen LogP contribution in [0.1, 0.15) is 40.0 Å². The zero-order chi connectivity index (χ0) is 20.4. The average molecular weight is 406 g/mol. The third-order valence-electron chi connectivity index (χ3n) is 5.16. The lowest BCUT2D eigenvalue weighted by Crippen LogP contribution is -2.40. The fourth-order valence-corrected chi connectivity index (χ4v) is 3.87. The summed E-state index contributed by atoms with van der Waals surface area (Å²) >= 11 is 6.11. The van der Waals surface area contributed by atoms with Crippen LogP contribution in [0, 0.1) is 5.82 Å². The number of ether oxygens (including phenoxy) is 2. The van der Waals surface area contributed by atoms with Gasteiger partial charge in [-0.2, -0.15) is 0 Å². The second kappa shape index (κ2) is 8.19. The second-order valence-corrected chi connectivity index (χ2v) is 7.00. The summed E-state index contributed by atoms with van der Waals surface area (Å²) in [6.07, 6.45) is 0.350. The molecule has 1 heterocycles. The highest BCUT2D eigenvalue weighted by Gasteiger charge is 2.31. The fraction of sp³-hybridized carbons (Fsp3) is 0.333. The molecule has 2 aromatic carbocycles. The van der Waals surface area contributed by atoms with E-state index in [9.17, 15) is 14.0 Å². The van der Waals surface area contributed by atoms with E-state index in [1.54, 1.807) is 17.0 Å². The molecule has 1 unspecified atom stereocenters. The number of carbonyl (C=O) groups excluding carboxylic acids is 2. The Morgan fingerprint density at radius 1 is 1.25 bits per heavy atom. The minimum atomic E-state index is -0.624. The molecule has 0 radical (unpaired) electrons. The summed E-state index contributed by atoms with van der Waals surface area (Å²) in [5, 5.41) is 0.185. The third-order valence-corrected chi connectivity index (χ3v) is 5.51. The smallest absolute Gasteiger partial charge is 0.338 e. The molecule has 0 N–H and O–H groups in total. The van der Waals surface area contributed by atoms with Crippen molar-refractivity contribution in [2.75, 3.05) is 20.8 Å². The van der Waals surface area contributed by atoms with Crippen molar-refractivity contribution in [1.82, 2.24) is 4.90 Å². The van der Waals surface area contributed by atoms with E-state index in [2.05, 4.69) is 0 Å². The molecule has 0 spiro atoms. The predicted molar refractivity (Wildman–Crippen MR) is 103 cm³/mol. The monoisotopic (exact) mass is 405 g/mol. The number of halogens is 2. The summed E-state index contributed by atoms with van der Waals surface area (Å²) in [4.78, 5) is 26.6. The molecule has 1 aliphatic rings. The molecule has 148 valence electrons. The zero-order valence-electron chi connectivity index (χ0n) is 15.9.